The summed E-state index contributed by atoms with van der Waals surface area (Å²) in [5, 5.41) is 20.4. The van der Waals surface area contributed by atoms with E-state index in [1.165, 1.54) is 0 Å². The number of benzene rings is 4. The highest BCUT2D eigenvalue weighted by atomic mass is 16.3. The minimum atomic E-state index is -0.333. The molecule has 2 atom stereocenters. The third-order valence-corrected chi connectivity index (χ3v) is 5.20. The lowest BCUT2D eigenvalue weighted by atomic mass is 9.94. The Morgan fingerprint density at radius 3 is 1.19 bits per heavy atom. The van der Waals surface area contributed by atoms with E-state index >= 15 is 0 Å². The first-order valence-electron chi connectivity index (χ1n) is 10.4. The van der Waals surface area contributed by atoms with Crippen LogP contribution in [0.3, 0.4) is 0 Å². The van der Waals surface area contributed by atoms with Gasteiger partial charge in [0.25, 0.3) is 0 Å². The third kappa shape index (κ3) is 5.10. The average molecular weight is 421 g/mol. The Labute approximate surface area is 187 Å². The maximum absolute atomic E-state index is 10.2. The van der Waals surface area contributed by atoms with Crippen LogP contribution in [0.5, 0.6) is 11.5 Å². The molecule has 2 N–H and O–H groups in total. The fourth-order valence-corrected chi connectivity index (χ4v) is 3.51. The number of hydrogen-bond acceptors (Lipinski definition) is 4. The van der Waals surface area contributed by atoms with Gasteiger partial charge < -0.3 is 10.2 Å². The Morgan fingerprint density at radius 2 is 0.812 bits per heavy atom. The van der Waals surface area contributed by atoms with E-state index in [-0.39, 0.29) is 23.6 Å². The minimum absolute atomic E-state index is 0.178. The molecule has 32 heavy (non-hydrogen) atoms. The molecule has 4 aromatic rings. The monoisotopic (exact) mass is 420 g/mol. The number of aliphatic imine (C=N–C) groups is 2. The molecule has 0 aliphatic heterocycles. The highest BCUT2D eigenvalue weighted by Gasteiger charge is 2.23. The van der Waals surface area contributed by atoms with Gasteiger partial charge in [-0.1, -0.05) is 84.9 Å². The zero-order valence-electron chi connectivity index (χ0n) is 17.5. The molecule has 0 aliphatic rings. The van der Waals surface area contributed by atoms with Crippen LogP contribution in [0.15, 0.2) is 119 Å². The molecule has 0 aromatic heterocycles. The lowest BCUT2D eigenvalue weighted by molar-refractivity contribution is 0.473. The Bertz CT molecular complexity index is 1110. The van der Waals surface area contributed by atoms with Crippen LogP contribution in [-0.4, -0.2) is 22.6 Å². The predicted molar refractivity (Wildman–Crippen MR) is 130 cm³/mol. The molecule has 0 saturated heterocycles. The summed E-state index contributed by atoms with van der Waals surface area (Å²) in [6.45, 7) is 0. The maximum atomic E-state index is 10.2. The van der Waals surface area contributed by atoms with Gasteiger partial charge in [-0.3, -0.25) is 9.98 Å². The first-order valence-corrected chi connectivity index (χ1v) is 10.4. The van der Waals surface area contributed by atoms with Crippen LogP contribution in [-0.2, 0) is 0 Å². The van der Waals surface area contributed by atoms with Crippen LogP contribution in [0.4, 0.5) is 0 Å². The highest BCUT2D eigenvalue weighted by Crippen LogP contribution is 2.36. The zero-order valence-corrected chi connectivity index (χ0v) is 17.5. The summed E-state index contributed by atoms with van der Waals surface area (Å²) in [7, 11) is 0. The number of nitrogens with zero attached hydrogens (tertiary/aromatic N) is 2. The second-order valence-corrected chi connectivity index (χ2v) is 7.39. The van der Waals surface area contributed by atoms with Crippen molar-refractivity contribution in [2.24, 2.45) is 9.98 Å². The standard InChI is InChI=1S/C28H24N2O2/c31-25-17-9-7-15-23(25)19-29-27(21-11-3-1-4-12-21)28(22-13-5-2-6-14-22)30-20-24-16-8-10-18-26(24)32/h1-20,27-28,31-32H. The summed E-state index contributed by atoms with van der Waals surface area (Å²) in [6, 6.07) is 33.5. The number of aromatic hydroxyl groups is 2. The molecular weight excluding hydrogens is 396 g/mol. The van der Waals surface area contributed by atoms with Crippen molar-refractivity contribution >= 4 is 12.4 Å². The highest BCUT2D eigenvalue weighted by molar-refractivity contribution is 5.84. The van der Waals surface area contributed by atoms with Crippen LogP contribution in [0.25, 0.3) is 0 Å². The van der Waals surface area contributed by atoms with E-state index in [1.54, 1.807) is 36.7 Å². The molecule has 4 nitrogen and oxygen atoms in total. The van der Waals surface area contributed by atoms with Crippen LogP contribution < -0.4 is 0 Å². The van der Waals surface area contributed by atoms with E-state index in [0.717, 1.165) is 11.1 Å². The van der Waals surface area contributed by atoms with Crippen molar-refractivity contribution in [3.05, 3.63) is 131 Å². The van der Waals surface area contributed by atoms with Crippen molar-refractivity contribution in [2.75, 3.05) is 0 Å². The third-order valence-electron chi connectivity index (χ3n) is 5.20. The van der Waals surface area contributed by atoms with Crippen LogP contribution in [0.2, 0.25) is 0 Å². The van der Waals surface area contributed by atoms with Gasteiger partial charge in [-0.05, 0) is 35.4 Å². The largest absolute Gasteiger partial charge is 0.507 e. The Kier molecular flexibility index (Phi) is 6.73. The topological polar surface area (TPSA) is 65.2 Å². The summed E-state index contributed by atoms with van der Waals surface area (Å²) in [5.41, 5.74) is 3.29. The minimum Gasteiger partial charge on any atom is -0.507 e. The quantitative estimate of drug-likeness (QED) is 0.354. The normalized spacial score (nSPS) is 13.4. The van der Waals surface area contributed by atoms with Gasteiger partial charge in [-0.15, -0.1) is 0 Å². The molecule has 0 saturated carbocycles. The van der Waals surface area contributed by atoms with E-state index in [9.17, 15) is 10.2 Å². The molecule has 0 spiro atoms. The van der Waals surface area contributed by atoms with Crippen LogP contribution in [0.1, 0.15) is 34.3 Å². The SMILES string of the molecule is Oc1ccccc1C=NC(c1ccccc1)C(N=Cc1ccccc1O)c1ccccc1. The van der Waals surface area contributed by atoms with Crippen molar-refractivity contribution in [1.29, 1.82) is 0 Å². The molecule has 4 rings (SSSR count). The Morgan fingerprint density at radius 1 is 0.469 bits per heavy atom. The molecular formula is C28H24N2O2. The number of para-hydroxylation sites is 2. The number of phenols is 2. The number of rotatable bonds is 7. The lowest BCUT2D eigenvalue weighted by Gasteiger charge is -2.22. The first-order chi connectivity index (χ1) is 15.7. The average Bonchev–Trinajstić information content (AvgIpc) is 2.84. The summed E-state index contributed by atoms with van der Waals surface area (Å²) < 4.78 is 0. The lowest BCUT2D eigenvalue weighted by Crippen LogP contribution is -2.09. The van der Waals surface area contributed by atoms with Crippen LogP contribution in [0, 0.1) is 0 Å². The summed E-state index contributed by atoms with van der Waals surface area (Å²) in [4.78, 5) is 9.75. The van der Waals surface area contributed by atoms with E-state index in [4.69, 9.17) is 9.98 Å². The molecule has 158 valence electrons. The molecule has 0 radical (unpaired) electrons. The Hall–Kier alpha value is -4.18. The summed E-state index contributed by atoms with van der Waals surface area (Å²) in [6.07, 6.45) is 3.39. The molecule has 4 heteroatoms. The fourth-order valence-electron chi connectivity index (χ4n) is 3.51. The second kappa shape index (κ2) is 10.2. The second-order valence-electron chi connectivity index (χ2n) is 7.39. The van der Waals surface area contributed by atoms with Gasteiger partial charge in [0.1, 0.15) is 23.6 Å². The van der Waals surface area contributed by atoms with Gasteiger partial charge in [0.05, 0.1) is 0 Å². The smallest absolute Gasteiger partial charge is 0.124 e. The van der Waals surface area contributed by atoms with Gasteiger partial charge in [0, 0.05) is 23.6 Å². The maximum Gasteiger partial charge on any atom is 0.124 e. The van der Waals surface area contributed by atoms with E-state index in [0.29, 0.717) is 11.1 Å². The van der Waals surface area contributed by atoms with Crippen molar-refractivity contribution in [3.8, 4) is 11.5 Å². The number of hydrogen-bond donors (Lipinski definition) is 2. The Balaban J connectivity index is 1.79. The fraction of sp³-hybridized carbons (Fsp3) is 0.0714. The molecule has 0 bridgehead atoms. The zero-order chi connectivity index (χ0) is 22.2. The number of phenolic OH excluding ortho intramolecular Hbond substituents is 2. The van der Waals surface area contributed by atoms with Gasteiger partial charge in [-0.25, -0.2) is 0 Å². The van der Waals surface area contributed by atoms with Crippen molar-refractivity contribution in [2.45, 2.75) is 12.1 Å². The first kappa shape index (κ1) is 21.1. The molecule has 0 heterocycles. The van der Waals surface area contributed by atoms with Crippen LogP contribution >= 0.6 is 0 Å². The van der Waals surface area contributed by atoms with E-state index in [1.807, 2.05) is 84.9 Å². The van der Waals surface area contributed by atoms with Gasteiger partial charge >= 0.3 is 0 Å². The van der Waals surface area contributed by atoms with Gasteiger partial charge in [0.15, 0.2) is 0 Å². The van der Waals surface area contributed by atoms with Crippen molar-refractivity contribution in [1.82, 2.24) is 0 Å². The van der Waals surface area contributed by atoms with Crippen molar-refractivity contribution in [3.63, 3.8) is 0 Å². The summed E-state index contributed by atoms with van der Waals surface area (Å²) >= 11 is 0. The van der Waals surface area contributed by atoms with E-state index in [2.05, 4.69) is 0 Å². The van der Waals surface area contributed by atoms with Gasteiger partial charge in [0.2, 0.25) is 0 Å². The molecule has 2 unspecified atom stereocenters. The molecule has 4 aromatic carbocycles. The van der Waals surface area contributed by atoms with E-state index < -0.39 is 0 Å². The predicted octanol–water partition coefficient (Wildman–Crippen LogP) is 6.12. The molecule has 0 aliphatic carbocycles. The molecule has 0 amide bonds. The summed E-state index contributed by atoms with van der Waals surface area (Å²) in [5.74, 6) is 0.356. The van der Waals surface area contributed by atoms with Crippen molar-refractivity contribution < 1.29 is 10.2 Å². The molecule has 0 fully saturated rings. The van der Waals surface area contributed by atoms with Gasteiger partial charge in [-0.2, -0.15) is 0 Å².